The fraction of sp³-hybridized carbons (Fsp3) is 0.538. The van der Waals surface area contributed by atoms with Gasteiger partial charge >= 0.3 is 5.69 Å². The number of thioether (sulfide) groups is 1. The van der Waals surface area contributed by atoms with Gasteiger partial charge in [0.15, 0.2) is 0 Å². The molecule has 0 amide bonds. The summed E-state index contributed by atoms with van der Waals surface area (Å²) in [5.74, 6) is -0.436. The monoisotopic (exact) mass is 315 g/mol. The quantitative estimate of drug-likeness (QED) is 0.423. The number of nitro groups is 1. The number of benzene rings is 1. The van der Waals surface area contributed by atoms with Gasteiger partial charge in [0.25, 0.3) is 0 Å². The third-order valence-corrected chi connectivity index (χ3v) is 4.33. The van der Waals surface area contributed by atoms with Crippen LogP contribution in [0.2, 0.25) is 0 Å². The Balaban J connectivity index is 2.24. The molecule has 6 nitrogen and oxygen atoms in total. The lowest BCUT2D eigenvalue weighted by Gasteiger charge is -2.25. The van der Waals surface area contributed by atoms with Gasteiger partial charge in [-0.2, -0.15) is 4.39 Å². The highest BCUT2D eigenvalue weighted by molar-refractivity contribution is 7.99. The van der Waals surface area contributed by atoms with Crippen LogP contribution in [0.4, 0.5) is 15.8 Å². The highest BCUT2D eigenvalue weighted by atomic mass is 32.2. The minimum atomic E-state index is -0.851. The number of hydrogen-bond acceptors (Lipinski definition) is 6. The van der Waals surface area contributed by atoms with Crippen LogP contribution in [0.5, 0.6) is 0 Å². The zero-order valence-electron chi connectivity index (χ0n) is 11.5. The Kier molecular flexibility index (Phi) is 5.77. The van der Waals surface area contributed by atoms with Gasteiger partial charge in [-0.05, 0) is 32.0 Å². The number of aliphatic hydroxyl groups is 1. The molecule has 1 heterocycles. The molecule has 8 heteroatoms. The lowest BCUT2D eigenvalue weighted by molar-refractivity contribution is -0.387. The van der Waals surface area contributed by atoms with Gasteiger partial charge < -0.3 is 15.7 Å². The SMILES string of the molecule is O=[N+]([O-])c1cc(NC2CCNCC2)c(SCCO)cc1F. The van der Waals surface area contributed by atoms with Crippen molar-refractivity contribution in [2.75, 3.05) is 30.8 Å². The molecule has 21 heavy (non-hydrogen) atoms. The van der Waals surface area contributed by atoms with Gasteiger partial charge in [-0.15, -0.1) is 11.8 Å². The topological polar surface area (TPSA) is 87.4 Å². The minimum Gasteiger partial charge on any atom is -0.396 e. The lowest BCUT2D eigenvalue weighted by atomic mass is 10.1. The molecular formula is C13H18FN3O3S. The molecule has 0 unspecified atom stereocenters. The number of nitro benzene ring substituents is 1. The van der Waals surface area contributed by atoms with Crippen LogP contribution in [0.3, 0.4) is 0 Å². The molecule has 1 aliphatic heterocycles. The van der Waals surface area contributed by atoms with Crippen molar-refractivity contribution in [3.05, 3.63) is 28.1 Å². The number of anilines is 1. The van der Waals surface area contributed by atoms with Crippen molar-refractivity contribution in [1.82, 2.24) is 5.32 Å². The van der Waals surface area contributed by atoms with Crippen molar-refractivity contribution in [1.29, 1.82) is 0 Å². The van der Waals surface area contributed by atoms with E-state index in [1.54, 1.807) is 0 Å². The first kappa shape index (κ1) is 16.0. The Morgan fingerprint density at radius 1 is 1.48 bits per heavy atom. The van der Waals surface area contributed by atoms with E-state index in [2.05, 4.69) is 10.6 Å². The van der Waals surface area contributed by atoms with E-state index in [0.717, 1.165) is 25.9 Å². The van der Waals surface area contributed by atoms with Crippen LogP contribution < -0.4 is 10.6 Å². The molecule has 2 rings (SSSR count). The number of halogens is 1. The maximum absolute atomic E-state index is 13.7. The maximum Gasteiger partial charge on any atom is 0.306 e. The zero-order valence-corrected chi connectivity index (χ0v) is 12.3. The van der Waals surface area contributed by atoms with Crippen molar-refractivity contribution in [3.8, 4) is 0 Å². The Bertz CT molecular complexity index is 510. The first-order valence-corrected chi connectivity index (χ1v) is 7.79. The second-order valence-electron chi connectivity index (χ2n) is 4.80. The number of hydrogen-bond donors (Lipinski definition) is 3. The van der Waals surface area contributed by atoms with Gasteiger partial charge in [0.2, 0.25) is 5.82 Å². The summed E-state index contributed by atoms with van der Waals surface area (Å²) < 4.78 is 13.7. The van der Waals surface area contributed by atoms with Crippen LogP contribution >= 0.6 is 11.8 Å². The highest BCUT2D eigenvalue weighted by Crippen LogP contribution is 2.34. The fourth-order valence-corrected chi connectivity index (χ4v) is 3.03. The predicted molar refractivity (Wildman–Crippen MR) is 80.4 cm³/mol. The van der Waals surface area contributed by atoms with Gasteiger partial charge in [0.1, 0.15) is 0 Å². The average Bonchev–Trinajstić information content (AvgIpc) is 2.48. The molecule has 0 aliphatic carbocycles. The van der Waals surface area contributed by atoms with Gasteiger partial charge in [0.05, 0.1) is 17.2 Å². The second-order valence-corrected chi connectivity index (χ2v) is 5.93. The van der Waals surface area contributed by atoms with Gasteiger partial charge in [0, 0.05) is 22.8 Å². The summed E-state index contributed by atoms with van der Waals surface area (Å²) in [6, 6.07) is 2.63. The molecule has 0 radical (unpaired) electrons. The van der Waals surface area contributed by atoms with E-state index >= 15 is 0 Å². The Morgan fingerprint density at radius 2 is 2.19 bits per heavy atom. The van der Waals surface area contributed by atoms with Crippen molar-refractivity contribution in [2.24, 2.45) is 0 Å². The summed E-state index contributed by atoms with van der Waals surface area (Å²) in [5, 5.41) is 26.3. The highest BCUT2D eigenvalue weighted by Gasteiger charge is 2.21. The molecule has 1 aliphatic rings. The zero-order chi connectivity index (χ0) is 15.2. The normalized spacial score (nSPS) is 15.9. The van der Waals surface area contributed by atoms with E-state index in [1.807, 2.05) is 0 Å². The third kappa shape index (κ3) is 4.29. The molecule has 0 aromatic heterocycles. The summed E-state index contributed by atoms with van der Waals surface area (Å²) in [5.41, 5.74) is 0.0354. The fourth-order valence-electron chi connectivity index (χ4n) is 2.26. The van der Waals surface area contributed by atoms with Crippen molar-refractivity contribution < 1.29 is 14.4 Å². The largest absolute Gasteiger partial charge is 0.396 e. The molecular weight excluding hydrogens is 297 g/mol. The van der Waals surface area contributed by atoms with Gasteiger partial charge in [-0.3, -0.25) is 10.1 Å². The Labute approximate surface area is 126 Å². The molecule has 0 saturated carbocycles. The predicted octanol–water partition coefficient (Wildman–Crippen LogP) is 1.98. The molecule has 3 N–H and O–H groups in total. The number of aliphatic hydroxyl groups excluding tert-OH is 1. The van der Waals surface area contributed by atoms with E-state index in [9.17, 15) is 14.5 Å². The number of piperidine rings is 1. The molecule has 0 spiro atoms. The standard InChI is InChI=1S/C13H18FN3O3S/c14-10-7-13(21-6-5-18)11(8-12(10)17(19)20)16-9-1-3-15-4-2-9/h7-9,15-16,18H,1-6H2. The first-order chi connectivity index (χ1) is 10.1. The van der Waals surface area contributed by atoms with Crippen LogP contribution in [0.1, 0.15) is 12.8 Å². The van der Waals surface area contributed by atoms with E-state index < -0.39 is 16.4 Å². The van der Waals surface area contributed by atoms with Gasteiger partial charge in [-0.25, -0.2) is 0 Å². The van der Waals surface area contributed by atoms with Crippen LogP contribution in [0.15, 0.2) is 17.0 Å². The molecule has 0 atom stereocenters. The van der Waals surface area contributed by atoms with Crippen LogP contribution in [-0.4, -0.2) is 41.5 Å². The number of nitrogens with one attached hydrogen (secondary N) is 2. The van der Waals surface area contributed by atoms with Crippen LogP contribution in [-0.2, 0) is 0 Å². The number of rotatable bonds is 6. The smallest absolute Gasteiger partial charge is 0.306 e. The van der Waals surface area contributed by atoms with Crippen molar-refractivity contribution in [2.45, 2.75) is 23.8 Å². The van der Waals surface area contributed by atoms with E-state index in [-0.39, 0.29) is 12.6 Å². The third-order valence-electron chi connectivity index (χ3n) is 3.29. The summed E-state index contributed by atoms with van der Waals surface area (Å²) in [6.45, 7) is 1.75. The molecule has 1 saturated heterocycles. The van der Waals surface area contributed by atoms with Crippen LogP contribution in [0, 0.1) is 15.9 Å². The van der Waals surface area contributed by atoms with E-state index in [0.29, 0.717) is 16.3 Å². The molecule has 116 valence electrons. The lowest BCUT2D eigenvalue weighted by Crippen LogP contribution is -2.35. The summed E-state index contributed by atoms with van der Waals surface area (Å²) in [6.07, 6.45) is 1.82. The van der Waals surface area contributed by atoms with E-state index in [4.69, 9.17) is 5.11 Å². The van der Waals surface area contributed by atoms with Gasteiger partial charge in [-0.1, -0.05) is 0 Å². The van der Waals surface area contributed by atoms with Crippen LogP contribution in [0.25, 0.3) is 0 Å². The minimum absolute atomic E-state index is 0.0317. The van der Waals surface area contributed by atoms with Crippen molar-refractivity contribution in [3.63, 3.8) is 0 Å². The van der Waals surface area contributed by atoms with Crippen molar-refractivity contribution >= 4 is 23.1 Å². The number of nitrogens with zero attached hydrogens (tertiary/aromatic N) is 1. The molecule has 1 aromatic carbocycles. The second kappa shape index (κ2) is 7.58. The summed E-state index contributed by atoms with van der Waals surface area (Å²) in [4.78, 5) is 10.7. The summed E-state index contributed by atoms with van der Waals surface area (Å²) in [7, 11) is 0. The summed E-state index contributed by atoms with van der Waals surface area (Å²) >= 11 is 1.28. The average molecular weight is 315 g/mol. The Morgan fingerprint density at radius 3 is 2.81 bits per heavy atom. The molecule has 1 aromatic rings. The Hall–Kier alpha value is -1.38. The first-order valence-electron chi connectivity index (χ1n) is 6.80. The molecule has 0 bridgehead atoms. The maximum atomic E-state index is 13.7. The molecule has 1 fully saturated rings. The van der Waals surface area contributed by atoms with E-state index in [1.165, 1.54) is 23.9 Å².